The molecule has 1 aromatic carbocycles. The Kier molecular flexibility index (Phi) is 5.33. The number of hydrogen-bond acceptors (Lipinski definition) is 5. The van der Waals surface area contributed by atoms with Crippen molar-refractivity contribution < 1.29 is 14.6 Å². The zero-order valence-electron chi connectivity index (χ0n) is 13.9. The lowest BCUT2D eigenvalue weighted by molar-refractivity contribution is -0.307. The van der Waals surface area contributed by atoms with E-state index in [1.165, 1.54) is 6.42 Å². The number of nitrogens with one attached hydrogen (secondary N) is 2. The second kappa shape index (κ2) is 7.65. The van der Waals surface area contributed by atoms with Crippen LogP contribution >= 0.6 is 12.2 Å². The minimum Gasteiger partial charge on any atom is -0.546 e. The highest BCUT2D eigenvalue weighted by molar-refractivity contribution is 7.80. The molecule has 2 aliphatic carbocycles. The minimum atomic E-state index is -1.27. The summed E-state index contributed by atoms with van der Waals surface area (Å²) in [6.07, 6.45) is 6.84. The van der Waals surface area contributed by atoms with Crippen molar-refractivity contribution in [1.82, 2.24) is 10.7 Å². The molecule has 0 saturated heterocycles. The molecule has 25 heavy (non-hydrogen) atoms. The maximum atomic E-state index is 10.6. The van der Waals surface area contributed by atoms with Gasteiger partial charge < -0.3 is 20.0 Å². The van der Waals surface area contributed by atoms with Gasteiger partial charge in [-0.05, 0) is 56.0 Å². The molecule has 132 valence electrons. The van der Waals surface area contributed by atoms with Crippen LogP contribution in [0.3, 0.4) is 0 Å². The fraction of sp³-hybridized carbons (Fsp3) is 0.389. The third-order valence-corrected chi connectivity index (χ3v) is 4.75. The molecule has 1 fully saturated rings. The molecule has 3 atom stereocenters. The molecule has 0 aromatic heterocycles. The molecule has 0 amide bonds. The average molecular weight is 358 g/mol. The Hall–Kier alpha value is -2.41. The number of fused-ring (bicyclic) bond motifs is 2. The van der Waals surface area contributed by atoms with Crippen LogP contribution in [0.1, 0.15) is 25.3 Å². The number of carbonyl (C=O) groups excluding carboxylic acids is 1. The molecule has 3 rings (SSSR count). The van der Waals surface area contributed by atoms with E-state index in [2.05, 4.69) is 28.0 Å². The summed E-state index contributed by atoms with van der Waals surface area (Å²) in [4.78, 5) is 10.6. The van der Waals surface area contributed by atoms with Crippen molar-refractivity contribution in [3.63, 3.8) is 0 Å². The van der Waals surface area contributed by atoms with Gasteiger partial charge in [-0.25, -0.2) is 0 Å². The van der Waals surface area contributed by atoms with E-state index < -0.39 is 12.6 Å². The van der Waals surface area contributed by atoms with Gasteiger partial charge in [-0.15, -0.1) is 0 Å². The van der Waals surface area contributed by atoms with Crippen LogP contribution in [-0.4, -0.2) is 29.4 Å². The molecular weight excluding hydrogens is 338 g/mol. The molecule has 2 bridgehead atoms. The van der Waals surface area contributed by atoms with Crippen molar-refractivity contribution in [1.29, 1.82) is 0 Å². The third kappa shape index (κ3) is 4.36. The van der Waals surface area contributed by atoms with Gasteiger partial charge in [-0.2, -0.15) is 5.10 Å². The first-order valence-corrected chi connectivity index (χ1v) is 8.65. The Labute approximate surface area is 152 Å². The summed E-state index contributed by atoms with van der Waals surface area (Å²) in [5, 5.41) is 18.7. The SMILES string of the molecule is CC(=NNC(=S)N[C@H]1C[C@H]2C=C[C@H]1C2)c1ccccc1OCC(=O)[O-]. The van der Waals surface area contributed by atoms with E-state index in [1.54, 1.807) is 19.1 Å². The number of carboxylic acids is 1. The zero-order valence-corrected chi connectivity index (χ0v) is 14.7. The number of hydrogen-bond donors (Lipinski definition) is 2. The maximum absolute atomic E-state index is 10.6. The van der Waals surface area contributed by atoms with Crippen molar-refractivity contribution in [2.45, 2.75) is 25.8 Å². The Bertz CT molecular complexity index is 732. The summed E-state index contributed by atoms with van der Waals surface area (Å²) < 4.78 is 5.24. The third-order valence-electron chi connectivity index (χ3n) is 4.54. The second-order valence-corrected chi connectivity index (χ2v) is 6.73. The zero-order chi connectivity index (χ0) is 17.8. The molecule has 6 nitrogen and oxygen atoms in total. The normalized spacial score (nSPS) is 24.2. The van der Waals surface area contributed by atoms with Crippen LogP contribution in [0.15, 0.2) is 41.5 Å². The number of carbonyl (C=O) groups is 1. The predicted molar refractivity (Wildman–Crippen MR) is 97.2 cm³/mol. The molecule has 1 saturated carbocycles. The highest BCUT2D eigenvalue weighted by atomic mass is 32.1. The molecule has 1 aromatic rings. The second-order valence-electron chi connectivity index (χ2n) is 6.33. The van der Waals surface area contributed by atoms with E-state index in [-0.39, 0.29) is 0 Å². The van der Waals surface area contributed by atoms with E-state index >= 15 is 0 Å². The van der Waals surface area contributed by atoms with Gasteiger partial charge in [0.1, 0.15) is 12.4 Å². The highest BCUT2D eigenvalue weighted by Gasteiger charge is 2.35. The number of benzene rings is 1. The number of thiocarbonyl (C=S) groups is 1. The maximum Gasteiger partial charge on any atom is 0.187 e. The Morgan fingerprint density at radius 3 is 2.84 bits per heavy atom. The van der Waals surface area contributed by atoms with Crippen LogP contribution in [-0.2, 0) is 4.79 Å². The molecule has 2 N–H and O–H groups in total. The number of para-hydroxylation sites is 1. The van der Waals surface area contributed by atoms with Gasteiger partial charge in [-0.3, -0.25) is 5.43 Å². The number of aliphatic carboxylic acids is 1. The van der Waals surface area contributed by atoms with Crippen molar-refractivity contribution in [2.75, 3.05) is 6.61 Å². The van der Waals surface area contributed by atoms with Gasteiger partial charge in [0.15, 0.2) is 5.11 Å². The summed E-state index contributed by atoms with van der Waals surface area (Å²) >= 11 is 5.32. The number of nitrogens with zero attached hydrogens (tertiary/aromatic N) is 1. The first-order valence-electron chi connectivity index (χ1n) is 8.24. The van der Waals surface area contributed by atoms with Gasteiger partial charge in [0.2, 0.25) is 0 Å². The average Bonchev–Trinajstić information content (AvgIpc) is 3.21. The van der Waals surface area contributed by atoms with Crippen molar-refractivity contribution in [2.24, 2.45) is 16.9 Å². The number of ether oxygens (including phenoxy) is 1. The number of rotatable bonds is 6. The van der Waals surface area contributed by atoms with Crippen LogP contribution < -0.4 is 20.6 Å². The standard InChI is InChI=1S/C18H21N3O3S/c1-11(14-4-2-3-5-16(14)24-10-17(22)23)20-21-18(25)19-15-9-12-6-7-13(15)8-12/h2-7,12-13,15H,8-10H2,1H3,(H,22,23)(H2,19,21,25)/p-1/t12-,13-,15-/m0/s1. The minimum absolute atomic E-state index is 0.365. The number of hydrazone groups is 1. The van der Waals surface area contributed by atoms with E-state index in [1.807, 2.05) is 12.1 Å². The summed E-state index contributed by atoms with van der Waals surface area (Å²) in [5.41, 5.74) is 4.20. The van der Waals surface area contributed by atoms with Gasteiger partial charge in [-0.1, -0.05) is 24.3 Å². The van der Waals surface area contributed by atoms with Crippen LogP contribution in [0, 0.1) is 11.8 Å². The summed E-state index contributed by atoms with van der Waals surface area (Å²) in [7, 11) is 0. The van der Waals surface area contributed by atoms with Crippen LogP contribution in [0.2, 0.25) is 0 Å². The quantitative estimate of drug-likeness (QED) is 0.341. The summed E-state index contributed by atoms with van der Waals surface area (Å²) in [6, 6.07) is 7.46. The van der Waals surface area contributed by atoms with E-state index in [0.29, 0.717) is 40.0 Å². The molecule has 0 unspecified atom stereocenters. The van der Waals surface area contributed by atoms with Crippen LogP contribution in [0.25, 0.3) is 0 Å². The monoisotopic (exact) mass is 358 g/mol. The predicted octanol–water partition coefficient (Wildman–Crippen LogP) is 0.968. The number of carboxylic acid groups (broad SMARTS) is 1. The van der Waals surface area contributed by atoms with Crippen LogP contribution in [0.4, 0.5) is 0 Å². The van der Waals surface area contributed by atoms with Crippen molar-refractivity contribution in [3.8, 4) is 5.75 Å². The molecule has 2 aliphatic rings. The van der Waals surface area contributed by atoms with Gasteiger partial charge in [0.25, 0.3) is 0 Å². The molecule has 0 radical (unpaired) electrons. The highest BCUT2D eigenvalue weighted by Crippen LogP contribution is 2.38. The lowest BCUT2D eigenvalue weighted by atomic mass is 10.0. The molecule has 0 spiro atoms. The van der Waals surface area contributed by atoms with E-state index in [9.17, 15) is 9.90 Å². The molecule has 0 heterocycles. The summed E-state index contributed by atoms with van der Waals surface area (Å²) in [6.45, 7) is 1.30. The Balaban J connectivity index is 1.58. The number of allylic oxidation sites excluding steroid dienone is 1. The first kappa shape index (κ1) is 17.4. The van der Waals surface area contributed by atoms with E-state index in [4.69, 9.17) is 17.0 Å². The Morgan fingerprint density at radius 1 is 1.36 bits per heavy atom. The van der Waals surface area contributed by atoms with E-state index in [0.717, 1.165) is 6.42 Å². The fourth-order valence-corrected chi connectivity index (χ4v) is 3.57. The first-order chi connectivity index (χ1) is 12.0. The van der Waals surface area contributed by atoms with Crippen LogP contribution in [0.5, 0.6) is 5.75 Å². The lowest BCUT2D eigenvalue weighted by Crippen LogP contribution is -2.42. The summed E-state index contributed by atoms with van der Waals surface area (Å²) in [5.74, 6) is 0.386. The molecular formula is C18H20N3O3S-. The molecule has 0 aliphatic heterocycles. The van der Waals surface area contributed by atoms with Gasteiger partial charge in [0, 0.05) is 11.6 Å². The Morgan fingerprint density at radius 2 is 2.16 bits per heavy atom. The topological polar surface area (TPSA) is 85.8 Å². The lowest BCUT2D eigenvalue weighted by Gasteiger charge is -2.21. The van der Waals surface area contributed by atoms with Crippen molar-refractivity contribution in [3.05, 3.63) is 42.0 Å². The van der Waals surface area contributed by atoms with Gasteiger partial charge >= 0.3 is 0 Å². The largest absolute Gasteiger partial charge is 0.546 e. The van der Waals surface area contributed by atoms with Gasteiger partial charge in [0.05, 0.1) is 11.7 Å². The fourth-order valence-electron chi connectivity index (χ4n) is 3.37. The van der Waals surface area contributed by atoms with Crippen molar-refractivity contribution >= 4 is 29.0 Å². The smallest absolute Gasteiger partial charge is 0.187 e. The molecule has 7 heteroatoms.